The second kappa shape index (κ2) is 2.81. The molecule has 0 aromatic carbocycles. The minimum absolute atomic E-state index is 1.13. The van der Waals surface area contributed by atoms with E-state index in [4.69, 9.17) is 0 Å². The molecule has 2 aromatic rings. The Morgan fingerprint density at radius 1 is 1.42 bits per heavy atom. The first-order valence-electron chi connectivity index (χ1n) is 3.92. The highest BCUT2D eigenvalue weighted by Gasteiger charge is 1.97. The van der Waals surface area contributed by atoms with Gasteiger partial charge in [-0.3, -0.25) is 4.98 Å². The smallest absolute Gasteiger partial charge is 0.0472 e. The van der Waals surface area contributed by atoms with Crippen LogP contribution in [0, 0.1) is 6.92 Å². The van der Waals surface area contributed by atoms with Crippen molar-refractivity contribution < 1.29 is 0 Å². The second-order valence-electron chi connectivity index (χ2n) is 2.83. The summed E-state index contributed by atoms with van der Waals surface area (Å²) in [6, 6.07) is 6.08. The molecule has 0 bridgehead atoms. The lowest BCUT2D eigenvalue weighted by molar-refractivity contribution is 1.30. The maximum atomic E-state index is 4.05. The number of aromatic amines is 1. The molecule has 2 aromatic heterocycles. The van der Waals surface area contributed by atoms with Crippen LogP contribution in [0.25, 0.3) is 11.3 Å². The van der Waals surface area contributed by atoms with Crippen LogP contribution >= 0.6 is 0 Å². The molecular weight excluding hydrogens is 148 g/mol. The van der Waals surface area contributed by atoms with Crippen molar-refractivity contribution in [1.29, 1.82) is 0 Å². The maximum absolute atomic E-state index is 4.05. The molecule has 0 atom stereocenters. The molecule has 0 amide bonds. The van der Waals surface area contributed by atoms with Crippen molar-refractivity contribution in [2.45, 2.75) is 6.92 Å². The number of pyridine rings is 1. The number of aryl methyl sites for hydroxylation is 1. The van der Waals surface area contributed by atoms with Gasteiger partial charge in [-0.2, -0.15) is 0 Å². The minimum Gasteiger partial charge on any atom is -0.361 e. The number of aromatic nitrogens is 2. The van der Waals surface area contributed by atoms with Gasteiger partial charge in [0, 0.05) is 29.8 Å². The normalized spacial score (nSPS) is 10.1. The Balaban J connectivity index is 2.45. The monoisotopic (exact) mass is 158 g/mol. The zero-order chi connectivity index (χ0) is 8.39. The topological polar surface area (TPSA) is 28.7 Å². The standard InChI is InChI=1S/C10H10N2/c1-8-5-10(12-6-8)9-3-2-4-11-7-9/h2-7,12H,1H3. The van der Waals surface area contributed by atoms with Crippen LogP contribution in [0.1, 0.15) is 5.56 Å². The molecule has 2 nitrogen and oxygen atoms in total. The van der Waals surface area contributed by atoms with E-state index in [2.05, 4.69) is 23.0 Å². The van der Waals surface area contributed by atoms with Crippen LogP contribution in [0.5, 0.6) is 0 Å². The van der Waals surface area contributed by atoms with Crippen molar-refractivity contribution in [3.63, 3.8) is 0 Å². The number of hydrogen-bond donors (Lipinski definition) is 1. The van der Waals surface area contributed by atoms with Crippen LogP contribution in [0.15, 0.2) is 36.8 Å². The summed E-state index contributed by atoms with van der Waals surface area (Å²) in [5, 5.41) is 0. The molecule has 2 heteroatoms. The molecule has 60 valence electrons. The summed E-state index contributed by atoms with van der Waals surface area (Å²) in [7, 11) is 0. The van der Waals surface area contributed by atoms with E-state index >= 15 is 0 Å². The quantitative estimate of drug-likeness (QED) is 0.678. The minimum atomic E-state index is 1.13. The third kappa shape index (κ3) is 1.23. The lowest BCUT2D eigenvalue weighted by Gasteiger charge is -1.93. The van der Waals surface area contributed by atoms with Gasteiger partial charge in [0.1, 0.15) is 0 Å². The van der Waals surface area contributed by atoms with E-state index in [0.717, 1.165) is 11.3 Å². The average molecular weight is 158 g/mol. The Labute approximate surface area is 71.3 Å². The van der Waals surface area contributed by atoms with Gasteiger partial charge in [-0.1, -0.05) is 0 Å². The molecule has 2 heterocycles. The molecule has 0 spiro atoms. The van der Waals surface area contributed by atoms with Crippen molar-refractivity contribution in [3.05, 3.63) is 42.4 Å². The summed E-state index contributed by atoms with van der Waals surface area (Å²) in [6.07, 6.45) is 5.62. The Kier molecular flexibility index (Phi) is 1.67. The number of rotatable bonds is 1. The number of nitrogens with one attached hydrogen (secondary N) is 1. The van der Waals surface area contributed by atoms with Crippen molar-refractivity contribution in [3.8, 4) is 11.3 Å². The Morgan fingerprint density at radius 2 is 2.33 bits per heavy atom. The van der Waals surface area contributed by atoms with Crippen LogP contribution in [-0.2, 0) is 0 Å². The summed E-state index contributed by atoms with van der Waals surface area (Å²) in [4.78, 5) is 7.23. The second-order valence-corrected chi connectivity index (χ2v) is 2.83. The Hall–Kier alpha value is -1.57. The SMILES string of the molecule is Cc1c[nH]c(-c2cccnc2)c1. The molecule has 0 saturated carbocycles. The first-order valence-corrected chi connectivity index (χ1v) is 3.92. The van der Waals surface area contributed by atoms with E-state index in [1.807, 2.05) is 24.5 Å². The van der Waals surface area contributed by atoms with Crippen LogP contribution in [0.4, 0.5) is 0 Å². The Bertz CT molecular complexity index is 362. The molecule has 0 aliphatic heterocycles. The molecule has 12 heavy (non-hydrogen) atoms. The molecule has 0 aliphatic carbocycles. The number of hydrogen-bond acceptors (Lipinski definition) is 1. The van der Waals surface area contributed by atoms with Crippen molar-refractivity contribution >= 4 is 0 Å². The molecule has 0 saturated heterocycles. The van der Waals surface area contributed by atoms with Gasteiger partial charge in [0.15, 0.2) is 0 Å². The largest absolute Gasteiger partial charge is 0.361 e. The summed E-state index contributed by atoms with van der Waals surface area (Å²) in [5.74, 6) is 0. The van der Waals surface area contributed by atoms with E-state index in [0.29, 0.717) is 0 Å². The highest BCUT2D eigenvalue weighted by molar-refractivity contribution is 5.58. The number of H-pyrrole nitrogens is 1. The van der Waals surface area contributed by atoms with Crippen LogP contribution in [0.3, 0.4) is 0 Å². The average Bonchev–Trinajstić information content (AvgIpc) is 2.54. The fourth-order valence-electron chi connectivity index (χ4n) is 1.19. The molecule has 2 rings (SSSR count). The van der Waals surface area contributed by atoms with E-state index < -0.39 is 0 Å². The van der Waals surface area contributed by atoms with Gasteiger partial charge in [-0.05, 0) is 30.7 Å². The summed E-state index contributed by atoms with van der Waals surface area (Å²) < 4.78 is 0. The van der Waals surface area contributed by atoms with Gasteiger partial charge in [0.25, 0.3) is 0 Å². The van der Waals surface area contributed by atoms with Crippen molar-refractivity contribution in [2.24, 2.45) is 0 Å². The highest BCUT2D eigenvalue weighted by Crippen LogP contribution is 2.16. The van der Waals surface area contributed by atoms with E-state index in [9.17, 15) is 0 Å². The third-order valence-corrected chi connectivity index (χ3v) is 1.80. The molecule has 1 N–H and O–H groups in total. The first-order chi connectivity index (χ1) is 5.86. The van der Waals surface area contributed by atoms with Gasteiger partial charge in [0.2, 0.25) is 0 Å². The van der Waals surface area contributed by atoms with E-state index in [1.165, 1.54) is 5.56 Å². The van der Waals surface area contributed by atoms with E-state index in [1.54, 1.807) is 6.20 Å². The molecule has 0 radical (unpaired) electrons. The van der Waals surface area contributed by atoms with E-state index in [-0.39, 0.29) is 0 Å². The summed E-state index contributed by atoms with van der Waals surface area (Å²) in [5.41, 5.74) is 3.50. The predicted molar refractivity (Wildman–Crippen MR) is 48.8 cm³/mol. The highest BCUT2D eigenvalue weighted by atomic mass is 14.7. The predicted octanol–water partition coefficient (Wildman–Crippen LogP) is 2.39. The zero-order valence-electron chi connectivity index (χ0n) is 6.91. The van der Waals surface area contributed by atoms with Crippen LogP contribution in [0.2, 0.25) is 0 Å². The van der Waals surface area contributed by atoms with Crippen molar-refractivity contribution in [2.75, 3.05) is 0 Å². The maximum Gasteiger partial charge on any atom is 0.0472 e. The molecule has 0 fully saturated rings. The fraction of sp³-hybridized carbons (Fsp3) is 0.100. The van der Waals surface area contributed by atoms with Gasteiger partial charge >= 0.3 is 0 Å². The molecular formula is C10H10N2. The molecule has 0 unspecified atom stereocenters. The molecule has 0 aliphatic rings. The first kappa shape index (κ1) is 7.10. The fourth-order valence-corrected chi connectivity index (χ4v) is 1.19. The Morgan fingerprint density at radius 3 is 2.92 bits per heavy atom. The van der Waals surface area contributed by atoms with Gasteiger partial charge in [0.05, 0.1) is 0 Å². The summed E-state index contributed by atoms with van der Waals surface area (Å²) in [6.45, 7) is 2.07. The van der Waals surface area contributed by atoms with Gasteiger partial charge in [-0.15, -0.1) is 0 Å². The third-order valence-electron chi connectivity index (χ3n) is 1.80. The van der Waals surface area contributed by atoms with Crippen LogP contribution < -0.4 is 0 Å². The zero-order valence-corrected chi connectivity index (χ0v) is 6.91. The number of nitrogens with zero attached hydrogens (tertiary/aromatic N) is 1. The van der Waals surface area contributed by atoms with Gasteiger partial charge in [-0.25, -0.2) is 0 Å². The lowest BCUT2D eigenvalue weighted by Crippen LogP contribution is -1.76. The van der Waals surface area contributed by atoms with Crippen LogP contribution in [-0.4, -0.2) is 9.97 Å². The van der Waals surface area contributed by atoms with Crippen molar-refractivity contribution in [1.82, 2.24) is 9.97 Å². The summed E-state index contributed by atoms with van der Waals surface area (Å²) >= 11 is 0. The lowest BCUT2D eigenvalue weighted by atomic mass is 10.2. The van der Waals surface area contributed by atoms with Gasteiger partial charge < -0.3 is 4.98 Å².